The predicted octanol–water partition coefficient (Wildman–Crippen LogP) is 6.77. The fourth-order valence-electron chi connectivity index (χ4n) is 4.36. The van der Waals surface area contributed by atoms with Crippen molar-refractivity contribution >= 4 is 33.2 Å². The summed E-state index contributed by atoms with van der Waals surface area (Å²) >= 11 is 1.53. The Morgan fingerprint density at radius 3 is 2.58 bits per heavy atom. The number of aromatic carboxylic acids is 1. The van der Waals surface area contributed by atoms with Crippen LogP contribution in [0.5, 0.6) is 11.5 Å². The summed E-state index contributed by atoms with van der Waals surface area (Å²) in [7, 11) is 1.62. The van der Waals surface area contributed by atoms with Gasteiger partial charge in [0.05, 0.1) is 18.9 Å². The SMILES string of the molecule is COc1cc(COc2cc(-c3ccc(C(=O)O)cc3)ccc2C)c2cc(-c3cn4nc(C)sc4n3)oc2c1. The van der Waals surface area contributed by atoms with Crippen molar-refractivity contribution in [3.05, 3.63) is 88.6 Å². The number of aromatic nitrogens is 3. The zero-order chi connectivity index (χ0) is 26.4. The van der Waals surface area contributed by atoms with Crippen LogP contribution in [0.25, 0.3) is 38.5 Å². The normalized spacial score (nSPS) is 11.3. The number of rotatable bonds is 7. The number of ether oxygens (including phenoxy) is 2. The molecule has 6 rings (SSSR count). The number of carboxylic acids is 1. The Labute approximate surface area is 221 Å². The Hall–Kier alpha value is -4.63. The van der Waals surface area contributed by atoms with Crippen LogP contribution in [-0.2, 0) is 6.61 Å². The Morgan fingerprint density at radius 2 is 1.84 bits per heavy atom. The van der Waals surface area contributed by atoms with Crippen molar-refractivity contribution in [2.75, 3.05) is 7.11 Å². The van der Waals surface area contributed by atoms with E-state index in [0.29, 0.717) is 29.4 Å². The third-order valence-electron chi connectivity index (χ3n) is 6.37. The summed E-state index contributed by atoms with van der Waals surface area (Å²) in [6.45, 7) is 4.24. The maximum absolute atomic E-state index is 11.2. The molecule has 190 valence electrons. The van der Waals surface area contributed by atoms with E-state index in [2.05, 4.69) is 10.1 Å². The first-order valence-electron chi connectivity index (χ1n) is 11.9. The molecule has 3 aromatic carbocycles. The first-order valence-corrected chi connectivity index (χ1v) is 12.7. The van der Waals surface area contributed by atoms with Crippen LogP contribution in [0.15, 0.2) is 71.3 Å². The lowest BCUT2D eigenvalue weighted by Crippen LogP contribution is -1.99. The van der Waals surface area contributed by atoms with Crippen molar-refractivity contribution in [1.29, 1.82) is 0 Å². The van der Waals surface area contributed by atoms with Crippen molar-refractivity contribution in [3.8, 4) is 34.1 Å². The molecule has 0 bridgehead atoms. The minimum atomic E-state index is -0.948. The topological polar surface area (TPSA) is 99.1 Å². The van der Waals surface area contributed by atoms with Gasteiger partial charge in [0.25, 0.3) is 0 Å². The number of furan rings is 1. The molecule has 1 N–H and O–H groups in total. The van der Waals surface area contributed by atoms with Crippen LogP contribution in [-0.4, -0.2) is 32.8 Å². The second-order valence-corrected chi connectivity index (χ2v) is 10.1. The lowest BCUT2D eigenvalue weighted by atomic mass is 10.0. The third kappa shape index (κ3) is 4.37. The fraction of sp³-hybridized carbons (Fsp3) is 0.138. The van der Waals surface area contributed by atoms with E-state index in [1.165, 1.54) is 11.3 Å². The highest BCUT2D eigenvalue weighted by atomic mass is 32.1. The Bertz CT molecular complexity index is 1780. The molecule has 0 spiro atoms. The molecule has 38 heavy (non-hydrogen) atoms. The number of imidazole rings is 1. The maximum Gasteiger partial charge on any atom is 0.335 e. The van der Waals surface area contributed by atoms with E-state index in [1.54, 1.807) is 35.9 Å². The van der Waals surface area contributed by atoms with Crippen molar-refractivity contribution in [1.82, 2.24) is 14.6 Å². The van der Waals surface area contributed by atoms with E-state index in [0.717, 1.165) is 43.4 Å². The van der Waals surface area contributed by atoms with E-state index < -0.39 is 5.97 Å². The number of hydrogen-bond acceptors (Lipinski definition) is 7. The van der Waals surface area contributed by atoms with Crippen molar-refractivity contribution in [3.63, 3.8) is 0 Å². The van der Waals surface area contributed by atoms with Crippen LogP contribution in [0.4, 0.5) is 0 Å². The van der Waals surface area contributed by atoms with Crippen LogP contribution in [0.3, 0.4) is 0 Å². The summed E-state index contributed by atoms with van der Waals surface area (Å²) in [4.78, 5) is 16.7. The van der Waals surface area contributed by atoms with Gasteiger partial charge in [-0.1, -0.05) is 35.6 Å². The number of carbonyl (C=O) groups is 1. The average Bonchev–Trinajstić information content (AvgIpc) is 3.60. The largest absolute Gasteiger partial charge is 0.497 e. The molecule has 8 nitrogen and oxygen atoms in total. The van der Waals surface area contributed by atoms with Gasteiger partial charge in [0.2, 0.25) is 4.96 Å². The molecule has 0 fully saturated rings. The number of aryl methyl sites for hydroxylation is 2. The zero-order valence-corrected chi connectivity index (χ0v) is 21.7. The molecule has 6 aromatic rings. The Kier molecular flexibility index (Phi) is 5.84. The first kappa shape index (κ1) is 23.7. The molecule has 0 saturated heterocycles. The molecular formula is C29H23N3O5S. The predicted molar refractivity (Wildman–Crippen MR) is 145 cm³/mol. The Balaban J connectivity index is 1.31. The van der Waals surface area contributed by atoms with Crippen molar-refractivity contribution in [2.45, 2.75) is 20.5 Å². The molecule has 0 radical (unpaired) electrons. The fourth-order valence-corrected chi connectivity index (χ4v) is 5.09. The first-order chi connectivity index (χ1) is 18.4. The van der Waals surface area contributed by atoms with Crippen molar-refractivity contribution < 1.29 is 23.8 Å². The van der Waals surface area contributed by atoms with Crippen molar-refractivity contribution in [2.24, 2.45) is 0 Å². The van der Waals surface area contributed by atoms with Crippen LogP contribution in [0, 0.1) is 13.8 Å². The summed E-state index contributed by atoms with van der Waals surface area (Å²) in [5, 5.41) is 15.5. The number of hydrogen-bond donors (Lipinski definition) is 1. The summed E-state index contributed by atoms with van der Waals surface area (Å²) in [6.07, 6.45) is 1.86. The zero-order valence-electron chi connectivity index (χ0n) is 20.9. The highest BCUT2D eigenvalue weighted by molar-refractivity contribution is 7.16. The number of fused-ring (bicyclic) bond motifs is 2. The second kappa shape index (κ2) is 9.35. The number of carboxylic acid groups (broad SMARTS) is 1. The maximum atomic E-state index is 11.2. The van der Waals surface area contributed by atoms with Gasteiger partial charge in [-0.25, -0.2) is 14.3 Å². The summed E-state index contributed by atoms with van der Waals surface area (Å²) in [5.74, 6) is 1.10. The van der Waals surface area contributed by atoms with Gasteiger partial charge in [0.1, 0.15) is 34.4 Å². The Morgan fingerprint density at radius 1 is 1.05 bits per heavy atom. The molecule has 0 aliphatic rings. The number of benzene rings is 3. The lowest BCUT2D eigenvalue weighted by Gasteiger charge is -2.13. The minimum Gasteiger partial charge on any atom is -0.497 e. The van der Waals surface area contributed by atoms with Gasteiger partial charge in [0, 0.05) is 17.0 Å². The van der Waals surface area contributed by atoms with Gasteiger partial charge in [-0.15, -0.1) is 0 Å². The monoisotopic (exact) mass is 525 g/mol. The summed E-state index contributed by atoms with van der Waals surface area (Å²) in [6, 6.07) is 18.5. The second-order valence-electron chi connectivity index (χ2n) is 8.93. The quantitative estimate of drug-likeness (QED) is 0.245. The average molecular weight is 526 g/mol. The molecule has 3 aromatic heterocycles. The molecule has 0 atom stereocenters. The highest BCUT2D eigenvalue weighted by Crippen LogP contribution is 2.35. The van der Waals surface area contributed by atoms with Gasteiger partial charge in [-0.2, -0.15) is 5.10 Å². The van der Waals surface area contributed by atoms with E-state index >= 15 is 0 Å². The van der Waals surface area contributed by atoms with Gasteiger partial charge >= 0.3 is 5.97 Å². The molecule has 0 unspecified atom stereocenters. The van der Waals surface area contributed by atoms with Crippen LogP contribution < -0.4 is 9.47 Å². The van der Waals surface area contributed by atoms with Gasteiger partial charge in [0.15, 0.2) is 5.76 Å². The molecule has 3 heterocycles. The highest BCUT2D eigenvalue weighted by Gasteiger charge is 2.16. The molecule has 0 amide bonds. The molecule has 0 saturated carbocycles. The third-order valence-corrected chi connectivity index (χ3v) is 7.20. The van der Waals surface area contributed by atoms with E-state index in [-0.39, 0.29) is 5.56 Å². The van der Waals surface area contributed by atoms with E-state index in [9.17, 15) is 9.90 Å². The molecule has 0 aliphatic carbocycles. The van der Waals surface area contributed by atoms with Gasteiger partial charge < -0.3 is 19.0 Å². The lowest BCUT2D eigenvalue weighted by molar-refractivity contribution is 0.0697. The van der Waals surface area contributed by atoms with E-state index in [4.69, 9.17) is 13.9 Å². The minimum absolute atomic E-state index is 0.251. The number of methoxy groups -OCH3 is 1. The van der Waals surface area contributed by atoms with Gasteiger partial charge in [-0.05, 0) is 60.9 Å². The molecular weight excluding hydrogens is 502 g/mol. The smallest absolute Gasteiger partial charge is 0.335 e. The standard InChI is InChI=1S/C29H23N3O5S/c1-16-4-5-20(18-6-8-19(9-7-18)28(33)34)11-25(16)36-15-21-10-22(35-3)12-26-23(21)13-27(37-26)24-14-32-29(30-24)38-17(2)31-32/h4-14H,15H2,1-3H3,(H,33,34). The van der Waals surface area contributed by atoms with Crippen LogP contribution >= 0.6 is 11.3 Å². The summed E-state index contributed by atoms with van der Waals surface area (Å²) < 4.78 is 19.8. The van der Waals surface area contributed by atoms with Crippen LogP contribution in [0.1, 0.15) is 26.5 Å². The summed E-state index contributed by atoms with van der Waals surface area (Å²) in [5.41, 5.74) is 5.40. The van der Waals surface area contributed by atoms with E-state index in [1.807, 2.05) is 56.4 Å². The number of nitrogens with zero attached hydrogens (tertiary/aromatic N) is 3. The van der Waals surface area contributed by atoms with Crippen LogP contribution in [0.2, 0.25) is 0 Å². The molecule has 0 aliphatic heterocycles. The van der Waals surface area contributed by atoms with Gasteiger partial charge in [-0.3, -0.25) is 0 Å². The molecule has 9 heteroatoms.